The molecule has 0 bridgehead atoms. The van der Waals surface area contributed by atoms with Crippen molar-refractivity contribution >= 4 is 29.9 Å². The largest absolute Gasteiger partial charge is 0.339 e. The minimum absolute atomic E-state index is 0. The lowest BCUT2D eigenvalue weighted by atomic mass is 9.78. The number of aromatic nitrogens is 4. The average Bonchev–Trinajstić information content (AvgIpc) is 3.27. The Balaban J connectivity index is 0.00000182. The van der Waals surface area contributed by atoms with Crippen molar-refractivity contribution in [3.05, 3.63) is 35.1 Å². The van der Waals surface area contributed by atoms with Gasteiger partial charge in [-0.2, -0.15) is 0 Å². The molecule has 2 aromatic rings. The molecule has 4 rings (SSSR count). The average molecular weight is 383 g/mol. The summed E-state index contributed by atoms with van der Waals surface area (Å²) in [6.45, 7) is 3.77. The van der Waals surface area contributed by atoms with E-state index >= 15 is 0 Å². The molecule has 134 valence electrons. The second-order valence-electron chi connectivity index (χ2n) is 6.64. The van der Waals surface area contributed by atoms with Crippen molar-refractivity contribution in [3.8, 4) is 5.69 Å². The van der Waals surface area contributed by atoms with Crippen molar-refractivity contribution in [3.63, 3.8) is 0 Å². The summed E-state index contributed by atoms with van der Waals surface area (Å²) in [5, 5.41) is 14.9. The summed E-state index contributed by atoms with van der Waals surface area (Å²) in [7, 11) is 0. The van der Waals surface area contributed by atoms with Crippen LogP contribution in [0.2, 0.25) is 5.02 Å². The number of nitrogens with zero attached hydrogens (tertiary/aromatic N) is 5. The maximum atomic E-state index is 12.8. The molecular weight excluding hydrogens is 363 g/mol. The number of rotatable bonds is 2. The van der Waals surface area contributed by atoms with E-state index in [-0.39, 0.29) is 18.3 Å². The predicted octanol–water partition coefficient (Wildman–Crippen LogP) is 1.95. The number of carbonyl (C=O) groups is 1. The molecule has 0 radical (unpaired) electrons. The molecule has 0 aliphatic carbocycles. The summed E-state index contributed by atoms with van der Waals surface area (Å²) in [6.07, 6.45) is 4.83. The first kappa shape index (κ1) is 18.1. The molecule has 2 fully saturated rings. The van der Waals surface area contributed by atoms with E-state index in [9.17, 15) is 4.79 Å². The van der Waals surface area contributed by atoms with Gasteiger partial charge < -0.3 is 10.2 Å². The predicted molar refractivity (Wildman–Crippen MR) is 96.5 cm³/mol. The molecular formula is C16H20Cl2N6O. The molecule has 0 saturated carbocycles. The van der Waals surface area contributed by atoms with Gasteiger partial charge in [-0.1, -0.05) is 11.6 Å². The monoisotopic (exact) mass is 382 g/mol. The van der Waals surface area contributed by atoms with Gasteiger partial charge in [0.15, 0.2) is 0 Å². The fourth-order valence-corrected chi connectivity index (χ4v) is 3.93. The fraction of sp³-hybridized carbons (Fsp3) is 0.500. The Kier molecular flexibility index (Phi) is 5.27. The number of tetrazole rings is 1. The standard InChI is InChI=1S/C16H19ClN6O.ClH/c17-14-9-12(23-11-19-20-21-23)1-2-13(14)15(24)22-7-4-16(5-8-22)3-6-18-10-16;/h1-2,9,11,18H,3-8,10H2;1H. The summed E-state index contributed by atoms with van der Waals surface area (Å²) in [5.74, 6) is 0.00377. The molecule has 3 heterocycles. The molecule has 0 atom stereocenters. The number of nitrogens with one attached hydrogen (secondary N) is 1. The number of piperidine rings is 1. The lowest BCUT2D eigenvalue weighted by molar-refractivity contribution is 0.0608. The summed E-state index contributed by atoms with van der Waals surface area (Å²) >= 11 is 6.34. The molecule has 1 spiro atoms. The van der Waals surface area contributed by atoms with Crippen LogP contribution < -0.4 is 5.32 Å². The molecule has 1 amide bonds. The van der Waals surface area contributed by atoms with Crippen LogP contribution in [-0.2, 0) is 0 Å². The quantitative estimate of drug-likeness (QED) is 0.858. The third kappa shape index (κ3) is 3.49. The lowest BCUT2D eigenvalue weighted by Crippen LogP contribution is -2.44. The molecule has 2 aliphatic heterocycles. The van der Waals surface area contributed by atoms with Crippen molar-refractivity contribution in [1.82, 2.24) is 30.4 Å². The summed E-state index contributed by atoms with van der Waals surface area (Å²) in [6, 6.07) is 5.28. The first-order chi connectivity index (χ1) is 11.7. The second kappa shape index (κ2) is 7.27. The van der Waals surface area contributed by atoms with Crippen molar-refractivity contribution in [2.24, 2.45) is 5.41 Å². The van der Waals surface area contributed by atoms with Gasteiger partial charge in [-0.05, 0) is 59.8 Å². The van der Waals surface area contributed by atoms with Gasteiger partial charge in [0, 0.05) is 19.6 Å². The maximum Gasteiger partial charge on any atom is 0.255 e. The maximum absolute atomic E-state index is 12.8. The summed E-state index contributed by atoms with van der Waals surface area (Å²) in [5.41, 5.74) is 1.66. The minimum Gasteiger partial charge on any atom is -0.339 e. The van der Waals surface area contributed by atoms with Crippen LogP contribution in [0.25, 0.3) is 5.69 Å². The van der Waals surface area contributed by atoms with Crippen LogP contribution in [-0.4, -0.2) is 57.2 Å². The Morgan fingerprint density at radius 1 is 1.24 bits per heavy atom. The number of hydrogen-bond acceptors (Lipinski definition) is 5. The Morgan fingerprint density at radius 2 is 2.04 bits per heavy atom. The minimum atomic E-state index is 0. The van der Waals surface area contributed by atoms with E-state index in [0.717, 1.165) is 44.7 Å². The topological polar surface area (TPSA) is 75.9 Å². The van der Waals surface area contributed by atoms with Crippen LogP contribution >= 0.6 is 24.0 Å². The molecule has 2 aliphatic rings. The number of hydrogen-bond donors (Lipinski definition) is 1. The zero-order chi connectivity index (χ0) is 16.6. The van der Waals surface area contributed by atoms with Crippen molar-refractivity contribution in [2.75, 3.05) is 26.2 Å². The van der Waals surface area contributed by atoms with E-state index in [1.165, 1.54) is 17.4 Å². The molecule has 0 unspecified atom stereocenters. The van der Waals surface area contributed by atoms with Gasteiger partial charge in [-0.3, -0.25) is 4.79 Å². The molecule has 9 heteroatoms. The van der Waals surface area contributed by atoms with Crippen molar-refractivity contribution in [2.45, 2.75) is 19.3 Å². The Morgan fingerprint density at radius 3 is 2.64 bits per heavy atom. The second-order valence-corrected chi connectivity index (χ2v) is 7.04. The first-order valence-corrected chi connectivity index (χ1v) is 8.58. The van der Waals surface area contributed by atoms with Gasteiger partial charge in [0.25, 0.3) is 5.91 Å². The third-order valence-electron chi connectivity index (χ3n) is 5.24. The van der Waals surface area contributed by atoms with Crippen molar-refractivity contribution in [1.29, 1.82) is 0 Å². The summed E-state index contributed by atoms with van der Waals surface area (Å²) < 4.78 is 1.51. The van der Waals surface area contributed by atoms with Gasteiger partial charge in [0.2, 0.25) is 0 Å². The van der Waals surface area contributed by atoms with Crippen LogP contribution in [0, 0.1) is 5.41 Å². The molecule has 1 aromatic carbocycles. The first-order valence-electron chi connectivity index (χ1n) is 8.20. The molecule has 1 N–H and O–H groups in total. The summed E-state index contributed by atoms with van der Waals surface area (Å²) in [4.78, 5) is 14.7. The smallest absolute Gasteiger partial charge is 0.255 e. The Labute approximate surface area is 157 Å². The van der Waals surface area contributed by atoms with E-state index < -0.39 is 0 Å². The molecule has 2 saturated heterocycles. The van der Waals surface area contributed by atoms with Crippen LogP contribution in [0.4, 0.5) is 0 Å². The van der Waals surface area contributed by atoms with E-state index in [1.54, 1.807) is 12.1 Å². The Hall–Kier alpha value is -1.70. The number of halogens is 2. The number of benzene rings is 1. The van der Waals surface area contributed by atoms with Gasteiger partial charge in [0.05, 0.1) is 16.3 Å². The van der Waals surface area contributed by atoms with Gasteiger partial charge in [0.1, 0.15) is 6.33 Å². The van der Waals surface area contributed by atoms with Gasteiger partial charge >= 0.3 is 0 Å². The van der Waals surface area contributed by atoms with E-state index in [0.29, 0.717) is 16.0 Å². The highest BCUT2D eigenvalue weighted by Gasteiger charge is 2.38. The highest BCUT2D eigenvalue weighted by atomic mass is 35.5. The normalized spacial score (nSPS) is 19.0. The zero-order valence-corrected chi connectivity index (χ0v) is 15.3. The van der Waals surface area contributed by atoms with Crippen LogP contribution in [0.5, 0.6) is 0 Å². The van der Waals surface area contributed by atoms with Crippen molar-refractivity contribution < 1.29 is 4.79 Å². The number of carbonyl (C=O) groups excluding carboxylic acids is 1. The van der Waals surface area contributed by atoms with Gasteiger partial charge in [-0.25, -0.2) is 4.68 Å². The van der Waals surface area contributed by atoms with E-state index in [4.69, 9.17) is 11.6 Å². The molecule has 7 nitrogen and oxygen atoms in total. The highest BCUT2D eigenvalue weighted by Crippen LogP contribution is 2.37. The third-order valence-corrected chi connectivity index (χ3v) is 5.55. The molecule has 25 heavy (non-hydrogen) atoms. The van der Waals surface area contributed by atoms with Crippen LogP contribution in [0.1, 0.15) is 29.6 Å². The van der Waals surface area contributed by atoms with Crippen LogP contribution in [0.15, 0.2) is 24.5 Å². The zero-order valence-electron chi connectivity index (χ0n) is 13.7. The Bertz CT molecular complexity index is 735. The molecule has 1 aromatic heterocycles. The van der Waals surface area contributed by atoms with Crippen LogP contribution in [0.3, 0.4) is 0 Å². The highest BCUT2D eigenvalue weighted by molar-refractivity contribution is 6.34. The number of amides is 1. The van der Waals surface area contributed by atoms with E-state index in [2.05, 4.69) is 20.8 Å². The van der Waals surface area contributed by atoms with E-state index in [1.807, 2.05) is 11.0 Å². The fourth-order valence-electron chi connectivity index (χ4n) is 3.68. The SMILES string of the molecule is Cl.O=C(c1ccc(-n2cnnn2)cc1Cl)N1CCC2(CCNC2)CC1. The lowest BCUT2D eigenvalue weighted by Gasteiger charge is -2.39. The van der Waals surface area contributed by atoms with Gasteiger partial charge in [-0.15, -0.1) is 17.5 Å². The number of likely N-dealkylation sites (tertiary alicyclic amines) is 1.